The van der Waals surface area contributed by atoms with E-state index in [-0.39, 0.29) is 17.8 Å². The fraction of sp³-hybridized carbons (Fsp3) is 0.267. The average Bonchev–Trinajstić information content (AvgIpc) is 2.59. The topological polar surface area (TPSA) is 103 Å². The van der Waals surface area contributed by atoms with Crippen LogP contribution < -0.4 is 25.1 Å². The van der Waals surface area contributed by atoms with Gasteiger partial charge in [-0.1, -0.05) is 0 Å². The maximum absolute atomic E-state index is 12.0. The van der Waals surface area contributed by atoms with Crippen LogP contribution in [0.2, 0.25) is 0 Å². The fourth-order valence-corrected chi connectivity index (χ4v) is 1.98. The van der Waals surface area contributed by atoms with Gasteiger partial charge in [0.05, 0.1) is 21.3 Å². The van der Waals surface area contributed by atoms with Crippen molar-refractivity contribution in [3.8, 4) is 17.2 Å². The van der Waals surface area contributed by atoms with Crippen molar-refractivity contribution in [3.05, 3.63) is 45.9 Å². The van der Waals surface area contributed by atoms with Gasteiger partial charge in [0.25, 0.3) is 11.5 Å². The van der Waals surface area contributed by atoms with Gasteiger partial charge in [-0.2, -0.15) is 5.10 Å². The first-order valence-electron chi connectivity index (χ1n) is 6.72. The van der Waals surface area contributed by atoms with Gasteiger partial charge in [0, 0.05) is 12.6 Å². The van der Waals surface area contributed by atoms with Crippen molar-refractivity contribution in [1.29, 1.82) is 0 Å². The van der Waals surface area contributed by atoms with Crippen molar-refractivity contribution in [2.24, 2.45) is 0 Å². The summed E-state index contributed by atoms with van der Waals surface area (Å²) in [7, 11) is 4.55. The van der Waals surface area contributed by atoms with E-state index in [2.05, 4.69) is 15.5 Å². The molecule has 2 aromatic rings. The Balaban J connectivity index is 2.15. The molecule has 122 valence electrons. The quantitative estimate of drug-likeness (QED) is 0.813. The van der Waals surface area contributed by atoms with Gasteiger partial charge in [-0.25, -0.2) is 5.10 Å². The maximum Gasteiger partial charge on any atom is 0.271 e. The molecule has 0 aliphatic rings. The zero-order valence-electron chi connectivity index (χ0n) is 13.0. The van der Waals surface area contributed by atoms with Gasteiger partial charge in [-0.15, -0.1) is 0 Å². The van der Waals surface area contributed by atoms with Crippen molar-refractivity contribution in [2.45, 2.75) is 6.54 Å². The molecule has 0 saturated heterocycles. The van der Waals surface area contributed by atoms with Crippen LogP contribution >= 0.6 is 0 Å². The van der Waals surface area contributed by atoms with Crippen molar-refractivity contribution in [1.82, 2.24) is 15.5 Å². The average molecular weight is 319 g/mol. The summed E-state index contributed by atoms with van der Waals surface area (Å²) in [4.78, 5) is 22.9. The minimum Gasteiger partial charge on any atom is -0.493 e. The van der Waals surface area contributed by atoms with E-state index in [0.717, 1.165) is 5.56 Å². The molecular weight excluding hydrogens is 302 g/mol. The largest absolute Gasteiger partial charge is 0.493 e. The van der Waals surface area contributed by atoms with Gasteiger partial charge in [0.15, 0.2) is 11.5 Å². The summed E-state index contributed by atoms with van der Waals surface area (Å²) in [5.74, 6) is 1.07. The molecule has 0 bridgehead atoms. The first-order chi connectivity index (χ1) is 11.1. The van der Waals surface area contributed by atoms with Crippen molar-refractivity contribution in [3.63, 3.8) is 0 Å². The molecule has 1 heterocycles. The summed E-state index contributed by atoms with van der Waals surface area (Å²) in [6.45, 7) is 0.232. The van der Waals surface area contributed by atoms with Gasteiger partial charge in [-0.05, 0) is 23.8 Å². The SMILES string of the molecule is COc1cc(CNC(=O)c2ccc(=O)[nH]n2)cc(OC)c1OC. The minimum absolute atomic E-state index is 0.122. The molecule has 0 atom stereocenters. The molecule has 1 aromatic heterocycles. The highest BCUT2D eigenvalue weighted by atomic mass is 16.5. The molecule has 23 heavy (non-hydrogen) atoms. The van der Waals surface area contributed by atoms with Crippen LogP contribution in [-0.2, 0) is 6.54 Å². The Morgan fingerprint density at radius 2 is 1.78 bits per heavy atom. The molecule has 0 spiro atoms. The predicted molar refractivity (Wildman–Crippen MR) is 82.1 cm³/mol. The summed E-state index contributed by atoms with van der Waals surface area (Å²) in [6, 6.07) is 6.06. The smallest absolute Gasteiger partial charge is 0.271 e. The number of hydrogen-bond acceptors (Lipinski definition) is 6. The monoisotopic (exact) mass is 319 g/mol. The number of methoxy groups -OCH3 is 3. The van der Waals surface area contributed by atoms with E-state index < -0.39 is 5.91 Å². The molecule has 8 heteroatoms. The number of hydrogen-bond donors (Lipinski definition) is 2. The number of nitrogens with zero attached hydrogens (tertiary/aromatic N) is 1. The fourth-order valence-electron chi connectivity index (χ4n) is 1.98. The molecule has 2 rings (SSSR count). The van der Waals surface area contributed by atoms with Gasteiger partial charge in [-0.3, -0.25) is 9.59 Å². The number of nitrogens with one attached hydrogen (secondary N) is 2. The summed E-state index contributed by atoms with van der Waals surface area (Å²) < 4.78 is 15.7. The van der Waals surface area contributed by atoms with Crippen molar-refractivity contribution in [2.75, 3.05) is 21.3 Å². The van der Waals surface area contributed by atoms with Crippen LogP contribution in [0.4, 0.5) is 0 Å². The third-order valence-corrected chi connectivity index (χ3v) is 3.09. The van der Waals surface area contributed by atoms with Crippen LogP contribution in [0.25, 0.3) is 0 Å². The highest BCUT2D eigenvalue weighted by Crippen LogP contribution is 2.38. The third-order valence-electron chi connectivity index (χ3n) is 3.09. The molecule has 0 radical (unpaired) electrons. The third kappa shape index (κ3) is 3.79. The Kier molecular flexibility index (Phi) is 5.19. The molecule has 0 aliphatic heterocycles. The lowest BCUT2D eigenvalue weighted by Crippen LogP contribution is -2.25. The van der Waals surface area contributed by atoms with Crippen LogP contribution in [0.5, 0.6) is 17.2 Å². The van der Waals surface area contributed by atoms with Crippen LogP contribution in [-0.4, -0.2) is 37.4 Å². The van der Waals surface area contributed by atoms with Gasteiger partial charge >= 0.3 is 0 Å². The van der Waals surface area contributed by atoms with E-state index in [9.17, 15) is 9.59 Å². The first kappa shape index (κ1) is 16.3. The van der Waals surface area contributed by atoms with Crippen LogP contribution in [0.15, 0.2) is 29.1 Å². The molecule has 0 fully saturated rings. The summed E-state index contributed by atoms with van der Waals surface area (Å²) >= 11 is 0. The van der Waals surface area contributed by atoms with Gasteiger partial charge in [0.1, 0.15) is 5.69 Å². The highest BCUT2D eigenvalue weighted by Gasteiger charge is 2.14. The molecule has 0 aliphatic carbocycles. The molecule has 1 aromatic carbocycles. The number of carbonyl (C=O) groups is 1. The summed E-state index contributed by atoms with van der Waals surface area (Å²) in [5.41, 5.74) is 0.514. The molecule has 0 unspecified atom stereocenters. The Morgan fingerprint density at radius 1 is 1.13 bits per heavy atom. The lowest BCUT2D eigenvalue weighted by Gasteiger charge is -2.14. The molecule has 2 N–H and O–H groups in total. The number of aromatic amines is 1. The van der Waals surface area contributed by atoms with E-state index in [4.69, 9.17) is 14.2 Å². The van der Waals surface area contributed by atoms with Crippen molar-refractivity contribution < 1.29 is 19.0 Å². The lowest BCUT2D eigenvalue weighted by atomic mass is 10.1. The summed E-state index contributed by atoms with van der Waals surface area (Å²) in [5, 5.41) is 8.57. The second kappa shape index (κ2) is 7.30. The van der Waals surface area contributed by atoms with E-state index in [1.54, 1.807) is 12.1 Å². The normalized spacial score (nSPS) is 10.0. The van der Waals surface area contributed by atoms with E-state index >= 15 is 0 Å². The first-order valence-corrected chi connectivity index (χ1v) is 6.72. The second-order valence-corrected chi connectivity index (χ2v) is 4.52. The number of ether oxygens (including phenoxy) is 3. The lowest BCUT2D eigenvalue weighted by molar-refractivity contribution is 0.0944. The van der Waals surface area contributed by atoms with Crippen LogP contribution in [0.1, 0.15) is 16.1 Å². The minimum atomic E-state index is -0.407. The van der Waals surface area contributed by atoms with E-state index in [0.29, 0.717) is 17.2 Å². The maximum atomic E-state index is 12.0. The van der Waals surface area contributed by atoms with Crippen molar-refractivity contribution >= 4 is 5.91 Å². The molecule has 0 saturated carbocycles. The zero-order chi connectivity index (χ0) is 16.8. The second-order valence-electron chi connectivity index (χ2n) is 4.52. The van der Waals surface area contributed by atoms with E-state index in [1.165, 1.54) is 33.5 Å². The summed E-state index contributed by atoms with van der Waals surface area (Å²) in [6.07, 6.45) is 0. The number of benzene rings is 1. The number of carbonyl (C=O) groups excluding carboxylic acids is 1. The number of amides is 1. The Morgan fingerprint density at radius 3 is 2.26 bits per heavy atom. The highest BCUT2D eigenvalue weighted by molar-refractivity contribution is 5.91. The standard InChI is InChI=1S/C15H17N3O5/c1-21-11-6-9(7-12(22-2)14(11)23-3)8-16-15(20)10-4-5-13(19)18-17-10/h4-7H,8H2,1-3H3,(H,16,20)(H,18,19). The number of aromatic nitrogens is 2. The van der Waals surface area contributed by atoms with Crippen LogP contribution in [0, 0.1) is 0 Å². The van der Waals surface area contributed by atoms with E-state index in [1.807, 2.05) is 0 Å². The number of rotatable bonds is 6. The molecular formula is C15H17N3O5. The molecule has 8 nitrogen and oxygen atoms in total. The van der Waals surface area contributed by atoms with Crippen LogP contribution in [0.3, 0.4) is 0 Å². The Bertz CT molecular complexity index is 712. The number of H-pyrrole nitrogens is 1. The molecule has 1 amide bonds. The van der Waals surface area contributed by atoms with Gasteiger partial charge in [0.2, 0.25) is 5.75 Å². The predicted octanol–water partition coefficient (Wildman–Crippen LogP) is 0.726. The Labute approximate surface area is 132 Å². The Hall–Kier alpha value is -3.03. The zero-order valence-corrected chi connectivity index (χ0v) is 13.0. The van der Waals surface area contributed by atoms with Gasteiger partial charge < -0.3 is 19.5 Å².